The molecule has 2 aliphatic rings. The first-order valence-corrected chi connectivity index (χ1v) is 11.1. The van der Waals surface area contributed by atoms with Gasteiger partial charge in [0.1, 0.15) is 11.3 Å². The number of halogens is 1. The molecule has 3 N–H and O–H groups in total. The third kappa shape index (κ3) is 4.11. The molecule has 1 fully saturated rings. The maximum absolute atomic E-state index is 12.3. The van der Waals surface area contributed by atoms with Crippen LogP contribution in [-0.2, 0) is 12.1 Å². The van der Waals surface area contributed by atoms with Crippen LogP contribution in [0.25, 0.3) is 11.0 Å². The number of urea groups is 1. The molecule has 0 unspecified atom stereocenters. The number of carbonyl (C=O) groups is 1. The van der Waals surface area contributed by atoms with Crippen molar-refractivity contribution < 1.29 is 9.21 Å². The van der Waals surface area contributed by atoms with Crippen molar-refractivity contribution in [3.05, 3.63) is 28.5 Å². The molecule has 2 amide bonds. The van der Waals surface area contributed by atoms with Crippen LogP contribution in [0.3, 0.4) is 0 Å². The van der Waals surface area contributed by atoms with Gasteiger partial charge in [-0.3, -0.25) is 0 Å². The maximum atomic E-state index is 12.3. The molecule has 2 aromatic rings. The molecule has 29 heavy (non-hydrogen) atoms. The number of rotatable bonds is 7. The molecule has 1 aliphatic carbocycles. The van der Waals surface area contributed by atoms with Gasteiger partial charge in [-0.25, -0.2) is 4.79 Å². The summed E-state index contributed by atoms with van der Waals surface area (Å²) in [5, 5.41) is 11.2. The van der Waals surface area contributed by atoms with Crippen LogP contribution in [0.15, 0.2) is 16.5 Å². The second-order valence-corrected chi connectivity index (χ2v) is 8.85. The van der Waals surface area contributed by atoms with Crippen LogP contribution in [0, 0.1) is 0 Å². The molecule has 4 rings (SSSR count). The molecule has 1 aromatic carbocycles. The normalized spacial score (nSPS) is 18.1. The molecule has 158 valence electrons. The summed E-state index contributed by atoms with van der Waals surface area (Å²) in [6, 6.07) is 3.79. The molecule has 6 nitrogen and oxygen atoms in total. The van der Waals surface area contributed by atoms with Gasteiger partial charge < -0.3 is 25.3 Å². The molecule has 0 saturated heterocycles. The minimum absolute atomic E-state index is 0.176. The smallest absolute Gasteiger partial charge is 0.319 e. The summed E-state index contributed by atoms with van der Waals surface area (Å²) >= 11 is 6.58. The number of benzene rings is 1. The fourth-order valence-electron chi connectivity index (χ4n) is 4.80. The van der Waals surface area contributed by atoms with E-state index in [-0.39, 0.29) is 11.6 Å². The fourth-order valence-corrected chi connectivity index (χ4v) is 5.06. The Morgan fingerprint density at radius 1 is 1.24 bits per heavy atom. The highest BCUT2D eigenvalue weighted by molar-refractivity contribution is 6.35. The lowest BCUT2D eigenvalue weighted by Crippen LogP contribution is -2.52. The van der Waals surface area contributed by atoms with Crippen LogP contribution >= 0.6 is 11.6 Å². The van der Waals surface area contributed by atoms with Gasteiger partial charge in [0.15, 0.2) is 0 Å². The van der Waals surface area contributed by atoms with E-state index >= 15 is 0 Å². The molecule has 0 radical (unpaired) electrons. The molecule has 1 aromatic heterocycles. The predicted octanol–water partition coefficient (Wildman–Crippen LogP) is 4.81. The lowest BCUT2D eigenvalue weighted by molar-refractivity contribution is 0.209. The van der Waals surface area contributed by atoms with Gasteiger partial charge in [0.05, 0.1) is 22.8 Å². The monoisotopic (exact) mass is 418 g/mol. The van der Waals surface area contributed by atoms with Crippen LogP contribution < -0.4 is 16.0 Å². The summed E-state index contributed by atoms with van der Waals surface area (Å²) in [6.07, 6.45) is 6.38. The van der Waals surface area contributed by atoms with E-state index in [0.717, 1.165) is 74.0 Å². The van der Waals surface area contributed by atoms with E-state index in [1.807, 2.05) is 6.07 Å². The molecule has 7 heteroatoms. The van der Waals surface area contributed by atoms with E-state index in [1.54, 1.807) is 0 Å². The number of hydrogen-bond acceptors (Lipinski definition) is 4. The van der Waals surface area contributed by atoms with Crippen LogP contribution in [0.5, 0.6) is 0 Å². The van der Waals surface area contributed by atoms with Gasteiger partial charge >= 0.3 is 6.03 Å². The summed E-state index contributed by atoms with van der Waals surface area (Å²) in [5.74, 6) is 0.894. The Hall–Kier alpha value is -1.76. The summed E-state index contributed by atoms with van der Waals surface area (Å²) in [5.41, 5.74) is 2.19. The van der Waals surface area contributed by atoms with Crippen molar-refractivity contribution in [2.75, 3.05) is 32.0 Å². The van der Waals surface area contributed by atoms with Crippen LogP contribution in [-0.4, -0.2) is 37.6 Å². The van der Waals surface area contributed by atoms with E-state index in [9.17, 15) is 4.79 Å². The second kappa shape index (κ2) is 8.54. The summed E-state index contributed by atoms with van der Waals surface area (Å²) in [7, 11) is 2.14. The molecule has 2 heterocycles. The largest absolute Gasteiger partial charge is 0.459 e. The predicted molar refractivity (Wildman–Crippen MR) is 118 cm³/mol. The maximum Gasteiger partial charge on any atom is 0.319 e. The third-order valence-corrected chi connectivity index (χ3v) is 6.46. The highest BCUT2D eigenvalue weighted by Gasteiger charge is 2.43. The Kier molecular flexibility index (Phi) is 6.04. The minimum Gasteiger partial charge on any atom is -0.459 e. The van der Waals surface area contributed by atoms with E-state index < -0.39 is 0 Å². The Morgan fingerprint density at radius 2 is 2.03 bits per heavy atom. The number of nitrogens with zero attached hydrogens (tertiary/aromatic N) is 1. The molecular weight excluding hydrogens is 388 g/mol. The summed E-state index contributed by atoms with van der Waals surface area (Å²) in [4.78, 5) is 14.7. The Bertz CT molecular complexity index is 889. The first-order valence-electron chi connectivity index (χ1n) is 10.8. The second-order valence-electron chi connectivity index (χ2n) is 8.44. The van der Waals surface area contributed by atoms with Gasteiger partial charge in [0, 0.05) is 24.0 Å². The summed E-state index contributed by atoms with van der Waals surface area (Å²) < 4.78 is 6.31. The van der Waals surface area contributed by atoms with Crippen LogP contribution in [0.1, 0.15) is 56.8 Å². The van der Waals surface area contributed by atoms with Crippen molar-refractivity contribution in [1.82, 2.24) is 15.5 Å². The number of furan rings is 1. The van der Waals surface area contributed by atoms with Crippen molar-refractivity contribution >= 4 is 34.3 Å². The average Bonchev–Trinajstić information content (AvgIpc) is 3.08. The van der Waals surface area contributed by atoms with Gasteiger partial charge in [0.25, 0.3) is 0 Å². The van der Waals surface area contributed by atoms with Crippen molar-refractivity contribution in [2.45, 2.75) is 57.5 Å². The Balaban J connectivity index is 1.60. The lowest BCUT2D eigenvalue weighted by atomic mass is 9.74. The molecular formula is C22H31ClN4O2. The van der Waals surface area contributed by atoms with Crippen molar-refractivity contribution in [3.63, 3.8) is 0 Å². The summed E-state index contributed by atoms with van der Waals surface area (Å²) in [6.45, 7) is 5.90. The Morgan fingerprint density at radius 3 is 2.79 bits per heavy atom. The molecule has 1 saturated carbocycles. The first-order chi connectivity index (χ1) is 14.0. The number of hydrogen-bond donors (Lipinski definition) is 3. The quantitative estimate of drug-likeness (QED) is 0.564. The van der Waals surface area contributed by atoms with Gasteiger partial charge in [0.2, 0.25) is 0 Å². The highest BCUT2D eigenvalue weighted by Crippen LogP contribution is 2.48. The average molecular weight is 419 g/mol. The molecule has 0 atom stereocenters. The zero-order chi connectivity index (χ0) is 20.4. The van der Waals surface area contributed by atoms with Crippen LogP contribution in [0.4, 0.5) is 10.5 Å². The van der Waals surface area contributed by atoms with E-state index in [1.165, 1.54) is 6.42 Å². The standard InChI is InChI=1S/C22H31ClN4O2/c1-3-10-27(2)11-9-24-14-16-12-15-13-17(23)19-18(20(15)29-16)22(26-21(28)25-19)7-5-4-6-8-22/h12-13,24H,3-11,14H2,1-2H3,(H2,25,26,28). The van der Waals surface area contributed by atoms with Gasteiger partial charge in [-0.05, 0) is 45.0 Å². The van der Waals surface area contributed by atoms with Crippen molar-refractivity contribution in [2.24, 2.45) is 0 Å². The number of carbonyl (C=O) groups excluding carboxylic acids is 1. The van der Waals surface area contributed by atoms with E-state index in [4.69, 9.17) is 16.0 Å². The first kappa shape index (κ1) is 20.5. The molecule has 1 aliphatic heterocycles. The number of nitrogens with one attached hydrogen (secondary N) is 3. The number of amides is 2. The van der Waals surface area contributed by atoms with Crippen LogP contribution in [0.2, 0.25) is 5.02 Å². The third-order valence-electron chi connectivity index (χ3n) is 6.16. The van der Waals surface area contributed by atoms with Gasteiger partial charge in [-0.15, -0.1) is 0 Å². The number of fused-ring (bicyclic) bond motifs is 4. The minimum atomic E-state index is -0.384. The number of likely N-dealkylation sites (N-methyl/N-ethyl adjacent to an activating group) is 1. The fraction of sp³-hybridized carbons (Fsp3) is 0.591. The topological polar surface area (TPSA) is 69.5 Å². The van der Waals surface area contributed by atoms with Gasteiger partial charge in [-0.2, -0.15) is 0 Å². The SMILES string of the molecule is CCCN(C)CCNCc1cc2cc(Cl)c3c(c2o1)C1(CCCCC1)NC(=O)N3. The van der Waals surface area contributed by atoms with E-state index in [0.29, 0.717) is 17.3 Å². The Labute approximate surface area is 177 Å². The lowest BCUT2D eigenvalue weighted by Gasteiger charge is -2.42. The van der Waals surface area contributed by atoms with Crippen molar-refractivity contribution in [1.29, 1.82) is 0 Å². The molecule has 1 spiro atoms. The molecule has 0 bridgehead atoms. The van der Waals surface area contributed by atoms with E-state index in [2.05, 4.69) is 40.9 Å². The number of anilines is 1. The van der Waals surface area contributed by atoms with Gasteiger partial charge in [-0.1, -0.05) is 37.8 Å². The highest BCUT2D eigenvalue weighted by atomic mass is 35.5. The zero-order valence-corrected chi connectivity index (χ0v) is 18.1. The zero-order valence-electron chi connectivity index (χ0n) is 17.4. The van der Waals surface area contributed by atoms with Crippen molar-refractivity contribution in [3.8, 4) is 0 Å².